The third kappa shape index (κ3) is 3.42. The maximum absolute atomic E-state index is 12.2. The highest BCUT2D eigenvalue weighted by Gasteiger charge is 2.32. The third-order valence-corrected chi connectivity index (χ3v) is 4.34. The van der Waals surface area contributed by atoms with E-state index in [9.17, 15) is 4.79 Å². The summed E-state index contributed by atoms with van der Waals surface area (Å²) in [6.45, 7) is 7.91. The molecule has 2 heterocycles. The van der Waals surface area contributed by atoms with E-state index in [0.717, 1.165) is 17.8 Å². The fourth-order valence-corrected chi connectivity index (χ4v) is 2.60. The molecule has 1 aromatic rings. The van der Waals surface area contributed by atoms with E-state index >= 15 is 0 Å². The summed E-state index contributed by atoms with van der Waals surface area (Å²) >= 11 is 1.42. The van der Waals surface area contributed by atoms with Crippen molar-refractivity contribution < 1.29 is 9.53 Å². The molecule has 1 aliphatic rings. The largest absolute Gasteiger partial charge is 0.372 e. The van der Waals surface area contributed by atoms with Crippen LogP contribution in [0, 0.1) is 0 Å². The number of carbonyl (C=O) groups is 1. The van der Waals surface area contributed by atoms with E-state index in [1.54, 1.807) is 4.90 Å². The monoisotopic (exact) mass is 284 g/mol. The first-order valence-corrected chi connectivity index (χ1v) is 7.40. The Labute approximate surface area is 117 Å². The fourth-order valence-electron chi connectivity index (χ4n) is 1.94. The first-order valence-electron chi connectivity index (χ1n) is 6.58. The summed E-state index contributed by atoms with van der Waals surface area (Å²) in [7, 11) is 0. The number of nitrogens with one attached hydrogen (secondary N) is 1. The van der Waals surface area contributed by atoms with Gasteiger partial charge >= 0.3 is 6.03 Å². The van der Waals surface area contributed by atoms with Gasteiger partial charge in [0.15, 0.2) is 0 Å². The Kier molecular flexibility index (Phi) is 4.36. The first kappa shape index (κ1) is 14.2. The van der Waals surface area contributed by atoms with Crippen molar-refractivity contribution in [3.63, 3.8) is 0 Å². The summed E-state index contributed by atoms with van der Waals surface area (Å²) in [4.78, 5) is 13.9. The van der Waals surface area contributed by atoms with Gasteiger partial charge in [0.05, 0.1) is 18.8 Å². The SMILES string of the molecule is CCc1nnc(NC(=O)N2CCO[C@](C)(CC)C2)s1. The molecule has 1 saturated heterocycles. The summed E-state index contributed by atoms with van der Waals surface area (Å²) < 4.78 is 5.72. The van der Waals surface area contributed by atoms with Crippen molar-refractivity contribution in [1.82, 2.24) is 15.1 Å². The van der Waals surface area contributed by atoms with Crippen LogP contribution in [0.25, 0.3) is 0 Å². The van der Waals surface area contributed by atoms with Crippen molar-refractivity contribution in [2.45, 2.75) is 39.2 Å². The van der Waals surface area contributed by atoms with Crippen LogP contribution in [0.15, 0.2) is 0 Å². The summed E-state index contributed by atoms with van der Waals surface area (Å²) in [6, 6.07) is -0.123. The number of urea groups is 1. The van der Waals surface area contributed by atoms with Crippen LogP contribution < -0.4 is 5.32 Å². The number of carbonyl (C=O) groups excluding carboxylic acids is 1. The minimum absolute atomic E-state index is 0.123. The number of amides is 2. The smallest absolute Gasteiger partial charge is 0.323 e. The molecule has 1 aromatic heterocycles. The average molecular weight is 284 g/mol. The van der Waals surface area contributed by atoms with E-state index in [4.69, 9.17) is 4.74 Å². The molecule has 106 valence electrons. The molecule has 7 heteroatoms. The van der Waals surface area contributed by atoms with Gasteiger partial charge in [-0.3, -0.25) is 5.32 Å². The highest BCUT2D eigenvalue weighted by Crippen LogP contribution is 2.22. The van der Waals surface area contributed by atoms with E-state index in [-0.39, 0.29) is 11.6 Å². The predicted octanol–water partition coefficient (Wildman–Crippen LogP) is 2.13. The minimum Gasteiger partial charge on any atom is -0.372 e. The van der Waals surface area contributed by atoms with Gasteiger partial charge in [0.2, 0.25) is 5.13 Å². The minimum atomic E-state index is -0.245. The van der Waals surface area contributed by atoms with Gasteiger partial charge in [0.1, 0.15) is 5.01 Å². The molecule has 0 bridgehead atoms. The number of ether oxygens (including phenoxy) is 1. The van der Waals surface area contributed by atoms with Gasteiger partial charge in [-0.15, -0.1) is 10.2 Å². The number of nitrogens with zero attached hydrogens (tertiary/aromatic N) is 3. The van der Waals surface area contributed by atoms with E-state index in [1.807, 2.05) is 13.8 Å². The zero-order valence-corrected chi connectivity index (χ0v) is 12.4. The van der Waals surface area contributed by atoms with Crippen LogP contribution in [0.4, 0.5) is 9.93 Å². The van der Waals surface area contributed by atoms with E-state index in [1.165, 1.54) is 11.3 Å². The summed E-state index contributed by atoms with van der Waals surface area (Å²) in [5.74, 6) is 0. The molecule has 2 rings (SSSR count). The van der Waals surface area contributed by atoms with Crippen molar-refractivity contribution in [3.05, 3.63) is 5.01 Å². The predicted molar refractivity (Wildman–Crippen MR) is 74.5 cm³/mol. The molecule has 1 fully saturated rings. The van der Waals surface area contributed by atoms with Crippen LogP contribution >= 0.6 is 11.3 Å². The van der Waals surface area contributed by atoms with Crippen LogP contribution in [0.2, 0.25) is 0 Å². The molecule has 0 spiro atoms. The van der Waals surface area contributed by atoms with E-state index in [0.29, 0.717) is 24.8 Å². The molecule has 0 radical (unpaired) electrons. The van der Waals surface area contributed by atoms with Crippen LogP contribution in [-0.2, 0) is 11.2 Å². The highest BCUT2D eigenvalue weighted by atomic mass is 32.1. The molecule has 0 unspecified atom stereocenters. The second-order valence-corrected chi connectivity index (χ2v) is 5.92. The van der Waals surface area contributed by atoms with Crippen molar-refractivity contribution >= 4 is 22.5 Å². The van der Waals surface area contributed by atoms with Crippen LogP contribution in [0.5, 0.6) is 0 Å². The maximum Gasteiger partial charge on any atom is 0.323 e. The average Bonchev–Trinajstić information content (AvgIpc) is 2.86. The van der Waals surface area contributed by atoms with Crippen molar-refractivity contribution in [2.75, 3.05) is 25.0 Å². The van der Waals surface area contributed by atoms with Gasteiger partial charge in [-0.05, 0) is 19.8 Å². The zero-order chi connectivity index (χ0) is 13.9. The second kappa shape index (κ2) is 5.83. The van der Waals surface area contributed by atoms with Gasteiger partial charge < -0.3 is 9.64 Å². The number of rotatable bonds is 3. The lowest BCUT2D eigenvalue weighted by molar-refractivity contribution is -0.0860. The number of hydrogen-bond donors (Lipinski definition) is 1. The molecule has 1 N–H and O–H groups in total. The summed E-state index contributed by atoms with van der Waals surface area (Å²) in [5, 5.41) is 12.2. The lowest BCUT2D eigenvalue weighted by Crippen LogP contribution is -2.53. The molecule has 0 aliphatic carbocycles. The quantitative estimate of drug-likeness (QED) is 0.923. The molecule has 2 amide bonds. The Morgan fingerprint density at radius 2 is 2.32 bits per heavy atom. The van der Waals surface area contributed by atoms with Gasteiger partial charge in [-0.25, -0.2) is 4.79 Å². The number of anilines is 1. The molecule has 1 aliphatic heterocycles. The Bertz CT molecular complexity index is 451. The highest BCUT2D eigenvalue weighted by molar-refractivity contribution is 7.15. The van der Waals surface area contributed by atoms with Gasteiger partial charge in [-0.2, -0.15) is 0 Å². The molecule has 0 aromatic carbocycles. The molecular formula is C12H20N4O2S. The Morgan fingerprint density at radius 1 is 1.53 bits per heavy atom. The molecule has 1 atom stereocenters. The lowest BCUT2D eigenvalue weighted by Gasteiger charge is -2.39. The molecular weight excluding hydrogens is 264 g/mol. The normalized spacial score (nSPS) is 23.4. The van der Waals surface area contributed by atoms with Crippen molar-refractivity contribution in [2.24, 2.45) is 0 Å². The Balaban J connectivity index is 1.96. The topological polar surface area (TPSA) is 67.4 Å². The third-order valence-electron chi connectivity index (χ3n) is 3.36. The summed E-state index contributed by atoms with van der Waals surface area (Å²) in [6.07, 6.45) is 1.72. The van der Waals surface area contributed by atoms with Crippen LogP contribution in [-0.4, -0.2) is 46.4 Å². The zero-order valence-electron chi connectivity index (χ0n) is 11.6. The summed E-state index contributed by atoms with van der Waals surface area (Å²) in [5.41, 5.74) is -0.245. The number of morpholine rings is 1. The fraction of sp³-hybridized carbons (Fsp3) is 0.750. The van der Waals surface area contributed by atoms with E-state index in [2.05, 4.69) is 22.4 Å². The number of hydrogen-bond acceptors (Lipinski definition) is 5. The number of aromatic nitrogens is 2. The molecule has 19 heavy (non-hydrogen) atoms. The van der Waals surface area contributed by atoms with Crippen LogP contribution in [0.1, 0.15) is 32.2 Å². The number of aryl methyl sites for hydroxylation is 1. The van der Waals surface area contributed by atoms with Crippen LogP contribution in [0.3, 0.4) is 0 Å². The van der Waals surface area contributed by atoms with Gasteiger partial charge in [0.25, 0.3) is 0 Å². The maximum atomic E-state index is 12.2. The lowest BCUT2D eigenvalue weighted by atomic mass is 10.0. The van der Waals surface area contributed by atoms with Gasteiger partial charge in [0, 0.05) is 6.54 Å². The first-order chi connectivity index (χ1) is 9.06. The second-order valence-electron chi connectivity index (χ2n) is 4.86. The standard InChI is InChI=1S/C12H20N4O2S/c1-4-9-14-15-10(19-9)13-11(17)16-6-7-18-12(3,5-2)8-16/h4-8H2,1-3H3,(H,13,15,17)/t12-/m1/s1. The Morgan fingerprint density at radius 3 is 2.95 bits per heavy atom. The molecule has 6 nitrogen and oxygen atoms in total. The van der Waals surface area contributed by atoms with Crippen molar-refractivity contribution in [3.8, 4) is 0 Å². The Hall–Kier alpha value is -1.21. The van der Waals surface area contributed by atoms with Gasteiger partial charge in [-0.1, -0.05) is 25.2 Å². The van der Waals surface area contributed by atoms with E-state index < -0.39 is 0 Å². The molecule has 0 saturated carbocycles. The van der Waals surface area contributed by atoms with Crippen molar-refractivity contribution in [1.29, 1.82) is 0 Å².